The molecule has 3 amide bonds. The predicted octanol–water partition coefficient (Wildman–Crippen LogP) is 2.84. The summed E-state index contributed by atoms with van der Waals surface area (Å²) in [5.74, 6) is 1.06. The van der Waals surface area contributed by atoms with E-state index in [0.29, 0.717) is 25.2 Å². The van der Waals surface area contributed by atoms with Crippen LogP contribution in [0.1, 0.15) is 27.2 Å². The second-order valence-electron chi connectivity index (χ2n) is 8.21. The standard InChI is InChI=1S/C23H29N5O2/c1-16-15-17(2)21(24-18(16)3)26-10-12-27(13-11-26)22(29)19-5-7-20(8-6-19)28-14-9-25(4)23(28)30/h5-8,15H,9-14H2,1-4H3. The topological polar surface area (TPSA) is 60.0 Å². The largest absolute Gasteiger partial charge is 0.353 e. The van der Waals surface area contributed by atoms with Crippen LogP contribution in [0.4, 0.5) is 16.3 Å². The summed E-state index contributed by atoms with van der Waals surface area (Å²) in [6.45, 7) is 10.5. The molecule has 0 spiro atoms. The highest BCUT2D eigenvalue weighted by Crippen LogP contribution is 2.23. The third kappa shape index (κ3) is 3.72. The fourth-order valence-corrected chi connectivity index (χ4v) is 4.12. The molecule has 1 aromatic heterocycles. The Hall–Kier alpha value is -3.09. The van der Waals surface area contributed by atoms with Gasteiger partial charge in [0.2, 0.25) is 0 Å². The minimum absolute atomic E-state index is 0.000411. The molecule has 0 aliphatic carbocycles. The van der Waals surface area contributed by atoms with Gasteiger partial charge in [-0.15, -0.1) is 0 Å². The number of aromatic nitrogens is 1. The van der Waals surface area contributed by atoms with Crippen LogP contribution >= 0.6 is 0 Å². The molecule has 158 valence electrons. The average Bonchev–Trinajstić information content (AvgIpc) is 3.09. The van der Waals surface area contributed by atoms with Crippen molar-refractivity contribution in [2.45, 2.75) is 20.8 Å². The van der Waals surface area contributed by atoms with Crippen molar-refractivity contribution in [1.29, 1.82) is 0 Å². The lowest BCUT2D eigenvalue weighted by Gasteiger charge is -2.36. The Morgan fingerprint density at radius 3 is 2.17 bits per heavy atom. The fraction of sp³-hybridized carbons (Fsp3) is 0.435. The molecule has 2 aromatic rings. The first-order valence-electron chi connectivity index (χ1n) is 10.5. The van der Waals surface area contributed by atoms with Gasteiger partial charge in [0, 0.05) is 63.3 Å². The van der Waals surface area contributed by atoms with Crippen LogP contribution in [0.25, 0.3) is 0 Å². The molecular weight excluding hydrogens is 378 g/mol. The zero-order chi connectivity index (χ0) is 21.4. The summed E-state index contributed by atoms with van der Waals surface area (Å²) < 4.78 is 0. The summed E-state index contributed by atoms with van der Waals surface area (Å²) in [6, 6.07) is 9.56. The van der Waals surface area contributed by atoms with E-state index in [4.69, 9.17) is 4.98 Å². The molecule has 0 N–H and O–H groups in total. The lowest BCUT2D eigenvalue weighted by Crippen LogP contribution is -2.49. The molecule has 30 heavy (non-hydrogen) atoms. The van der Waals surface area contributed by atoms with Gasteiger partial charge in [-0.2, -0.15) is 0 Å². The van der Waals surface area contributed by atoms with Gasteiger partial charge in [0.15, 0.2) is 0 Å². The Labute approximate surface area is 177 Å². The molecule has 2 aliphatic heterocycles. The predicted molar refractivity (Wildman–Crippen MR) is 118 cm³/mol. The second kappa shape index (κ2) is 7.97. The van der Waals surface area contributed by atoms with Crippen LogP contribution in [-0.4, -0.2) is 73.0 Å². The van der Waals surface area contributed by atoms with Gasteiger partial charge >= 0.3 is 6.03 Å². The zero-order valence-corrected chi connectivity index (χ0v) is 18.2. The van der Waals surface area contributed by atoms with Gasteiger partial charge in [0.1, 0.15) is 5.82 Å². The average molecular weight is 408 g/mol. The zero-order valence-electron chi connectivity index (χ0n) is 18.2. The molecule has 0 unspecified atom stereocenters. The van der Waals surface area contributed by atoms with E-state index in [2.05, 4.69) is 24.8 Å². The van der Waals surface area contributed by atoms with Crippen LogP contribution in [0, 0.1) is 20.8 Å². The van der Waals surface area contributed by atoms with Crippen molar-refractivity contribution in [1.82, 2.24) is 14.8 Å². The van der Waals surface area contributed by atoms with Crippen LogP contribution in [0.3, 0.4) is 0 Å². The van der Waals surface area contributed by atoms with Crippen LogP contribution in [0.15, 0.2) is 30.3 Å². The number of hydrogen-bond acceptors (Lipinski definition) is 4. The Morgan fingerprint density at radius 2 is 1.57 bits per heavy atom. The molecule has 0 saturated carbocycles. The maximum Gasteiger partial charge on any atom is 0.324 e. The number of carbonyl (C=O) groups is 2. The third-order valence-electron chi connectivity index (χ3n) is 6.14. The second-order valence-corrected chi connectivity index (χ2v) is 8.21. The van der Waals surface area contributed by atoms with E-state index in [1.165, 1.54) is 11.1 Å². The van der Waals surface area contributed by atoms with Gasteiger partial charge < -0.3 is 14.7 Å². The molecule has 2 aliphatic rings. The molecule has 7 heteroatoms. The van der Waals surface area contributed by atoms with E-state index in [-0.39, 0.29) is 11.9 Å². The Balaban J connectivity index is 1.40. The smallest absolute Gasteiger partial charge is 0.324 e. The lowest BCUT2D eigenvalue weighted by atomic mass is 10.1. The normalized spacial score (nSPS) is 17.1. The molecule has 4 rings (SSSR count). The van der Waals surface area contributed by atoms with Crippen molar-refractivity contribution < 1.29 is 9.59 Å². The Kier molecular flexibility index (Phi) is 5.37. The summed E-state index contributed by atoms with van der Waals surface area (Å²) in [7, 11) is 1.80. The molecule has 7 nitrogen and oxygen atoms in total. The molecule has 0 atom stereocenters. The Bertz CT molecular complexity index is 964. The number of aryl methyl sites for hydroxylation is 3. The highest BCUT2D eigenvalue weighted by atomic mass is 16.2. The first kappa shape index (κ1) is 20.2. The van der Waals surface area contributed by atoms with E-state index in [9.17, 15) is 9.59 Å². The number of carbonyl (C=O) groups excluding carboxylic acids is 2. The number of amides is 3. The highest BCUT2D eigenvalue weighted by molar-refractivity contribution is 5.97. The van der Waals surface area contributed by atoms with Gasteiger partial charge in [-0.25, -0.2) is 9.78 Å². The van der Waals surface area contributed by atoms with Gasteiger partial charge in [0.05, 0.1) is 0 Å². The van der Waals surface area contributed by atoms with E-state index < -0.39 is 0 Å². The first-order chi connectivity index (χ1) is 14.3. The summed E-state index contributed by atoms with van der Waals surface area (Å²) in [5, 5.41) is 0. The summed E-state index contributed by atoms with van der Waals surface area (Å²) in [6.07, 6.45) is 0. The van der Waals surface area contributed by atoms with E-state index in [0.717, 1.165) is 36.8 Å². The maximum absolute atomic E-state index is 13.0. The number of likely N-dealkylation sites (N-methyl/N-ethyl adjacent to an activating group) is 1. The third-order valence-corrected chi connectivity index (χ3v) is 6.14. The van der Waals surface area contributed by atoms with Crippen molar-refractivity contribution in [3.05, 3.63) is 52.7 Å². The monoisotopic (exact) mass is 407 g/mol. The van der Waals surface area contributed by atoms with Crippen molar-refractivity contribution >= 4 is 23.4 Å². The van der Waals surface area contributed by atoms with Crippen molar-refractivity contribution in [3.8, 4) is 0 Å². The van der Waals surface area contributed by atoms with E-state index in [1.54, 1.807) is 16.8 Å². The minimum atomic E-state index is 0.000411. The van der Waals surface area contributed by atoms with Crippen molar-refractivity contribution in [2.24, 2.45) is 0 Å². The quantitative estimate of drug-likeness (QED) is 0.785. The maximum atomic E-state index is 13.0. The van der Waals surface area contributed by atoms with E-state index in [1.807, 2.05) is 36.1 Å². The molecule has 3 heterocycles. The van der Waals surface area contributed by atoms with Crippen LogP contribution < -0.4 is 9.80 Å². The van der Waals surface area contributed by atoms with E-state index >= 15 is 0 Å². The van der Waals surface area contributed by atoms with Crippen LogP contribution in [0.5, 0.6) is 0 Å². The minimum Gasteiger partial charge on any atom is -0.353 e. The molecule has 0 bridgehead atoms. The number of pyridine rings is 1. The Morgan fingerprint density at radius 1 is 0.900 bits per heavy atom. The number of urea groups is 1. The van der Waals surface area contributed by atoms with Crippen molar-refractivity contribution in [2.75, 3.05) is 56.1 Å². The number of nitrogens with zero attached hydrogens (tertiary/aromatic N) is 5. The van der Waals surface area contributed by atoms with Crippen LogP contribution in [-0.2, 0) is 0 Å². The molecule has 0 radical (unpaired) electrons. The lowest BCUT2D eigenvalue weighted by molar-refractivity contribution is 0.0746. The summed E-state index contributed by atoms with van der Waals surface area (Å²) in [4.78, 5) is 37.5. The van der Waals surface area contributed by atoms with Gasteiger partial charge in [-0.3, -0.25) is 9.69 Å². The number of benzene rings is 1. The number of piperazine rings is 1. The molecular formula is C23H29N5O2. The highest BCUT2D eigenvalue weighted by Gasteiger charge is 2.27. The van der Waals surface area contributed by atoms with Gasteiger partial charge in [-0.05, 0) is 56.2 Å². The summed E-state index contributed by atoms with van der Waals surface area (Å²) in [5.41, 5.74) is 4.93. The SMILES string of the molecule is Cc1cc(C)c(N2CCN(C(=O)c3ccc(N4CCN(C)C4=O)cc3)CC2)nc1C. The number of rotatable bonds is 3. The molecule has 2 saturated heterocycles. The first-order valence-corrected chi connectivity index (χ1v) is 10.5. The van der Waals surface area contributed by atoms with Gasteiger partial charge in [0.25, 0.3) is 5.91 Å². The number of hydrogen-bond donors (Lipinski definition) is 0. The number of anilines is 2. The van der Waals surface area contributed by atoms with Crippen molar-refractivity contribution in [3.63, 3.8) is 0 Å². The molecule has 2 fully saturated rings. The van der Waals surface area contributed by atoms with Gasteiger partial charge in [-0.1, -0.05) is 6.07 Å². The summed E-state index contributed by atoms with van der Waals surface area (Å²) >= 11 is 0. The fourth-order valence-electron chi connectivity index (χ4n) is 4.12. The molecule has 1 aromatic carbocycles. The van der Waals surface area contributed by atoms with Crippen LogP contribution in [0.2, 0.25) is 0 Å².